The van der Waals surface area contributed by atoms with Crippen LogP contribution in [-0.2, 0) is 13.2 Å². The quantitative estimate of drug-likeness (QED) is 0.219. The summed E-state index contributed by atoms with van der Waals surface area (Å²) < 4.78 is 13.9. The Bertz CT molecular complexity index is 1140. The molecule has 0 aliphatic carbocycles. The molecule has 5 nitrogen and oxygen atoms in total. The van der Waals surface area contributed by atoms with Gasteiger partial charge in [0, 0.05) is 18.0 Å². The monoisotopic (exact) mass is 463 g/mol. The highest BCUT2D eigenvalue weighted by Gasteiger charge is 2.20. The van der Waals surface area contributed by atoms with Gasteiger partial charge in [0.2, 0.25) is 5.75 Å². The number of aryl methyl sites for hydroxylation is 1. The fourth-order valence-electron chi connectivity index (χ4n) is 3.95. The number of ether oxygens (including phenoxy) is 2. The predicted molar refractivity (Wildman–Crippen MR) is 139 cm³/mol. The van der Waals surface area contributed by atoms with Crippen molar-refractivity contribution in [3.63, 3.8) is 0 Å². The Morgan fingerprint density at radius 1 is 0.941 bits per heavy atom. The molecule has 2 aromatic carbocycles. The van der Waals surface area contributed by atoms with Crippen LogP contribution in [0.1, 0.15) is 64.9 Å². The molecule has 0 aliphatic heterocycles. The van der Waals surface area contributed by atoms with Crippen molar-refractivity contribution in [2.24, 2.45) is 0 Å². The van der Waals surface area contributed by atoms with E-state index >= 15 is 0 Å². The zero-order valence-corrected chi connectivity index (χ0v) is 20.7. The van der Waals surface area contributed by atoms with Crippen LogP contribution in [0, 0.1) is 0 Å². The number of hydrogen-bond acceptors (Lipinski definition) is 4. The summed E-state index contributed by atoms with van der Waals surface area (Å²) >= 11 is 0. The first-order chi connectivity index (χ1) is 16.5. The minimum Gasteiger partial charge on any atom is -0.508 e. The lowest BCUT2D eigenvalue weighted by atomic mass is 10.1. The van der Waals surface area contributed by atoms with Crippen LogP contribution in [0.15, 0.2) is 65.0 Å². The first-order valence-corrected chi connectivity index (χ1v) is 12.3. The number of nitrogens with zero attached hydrogens (tertiary/aromatic N) is 1. The molecule has 0 bridgehead atoms. The van der Waals surface area contributed by atoms with Gasteiger partial charge in [0.1, 0.15) is 19.0 Å². The summed E-state index contributed by atoms with van der Waals surface area (Å²) in [6.07, 6.45) is 8.73. The number of rotatable bonds is 13. The van der Waals surface area contributed by atoms with E-state index in [0.717, 1.165) is 35.8 Å². The zero-order valence-electron chi connectivity index (χ0n) is 20.7. The maximum atomic E-state index is 13.6. The molecule has 0 saturated heterocycles. The summed E-state index contributed by atoms with van der Waals surface area (Å²) in [5.74, 6) is 0.763. The molecule has 5 heteroatoms. The molecule has 0 atom stereocenters. The third-order valence-electron chi connectivity index (χ3n) is 5.84. The van der Waals surface area contributed by atoms with Crippen molar-refractivity contribution in [2.75, 3.05) is 6.61 Å². The number of phenolic OH excluding ortho intramolecular Hbond substituents is 1. The third-order valence-corrected chi connectivity index (χ3v) is 5.84. The van der Waals surface area contributed by atoms with Gasteiger partial charge in [0.05, 0.1) is 5.52 Å². The molecule has 1 heterocycles. The van der Waals surface area contributed by atoms with E-state index in [1.807, 2.05) is 50.3 Å². The molecule has 0 aliphatic rings. The average Bonchev–Trinajstić information content (AvgIpc) is 2.83. The number of aromatic nitrogens is 1. The van der Waals surface area contributed by atoms with Crippen molar-refractivity contribution in [3.8, 4) is 17.2 Å². The van der Waals surface area contributed by atoms with Gasteiger partial charge in [-0.3, -0.25) is 4.79 Å². The lowest BCUT2D eigenvalue weighted by Gasteiger charge is -2.19. The molecule has 0 fully saturated rings. The van der Waals surface area contributed by atoms with E-state index in [2.05, 4.69) is 6.92 Å². The largest absolute Gasteiger partial charge is 0.508 e. The summed E-state index contributed by atoms with van der Waals surface area (Å²) in [5.41, 5.74) is 2.55. The normalized spacial score (nSPS) is 10.9. The van der Waals surface area contributed by atoms with E-state index in [1.165, 1.54) is 19.3 Å². The van der Waals surface area contributed by atoms with E-state index < -0.39 is 0 Å². The molecule has 0 spiro atoms. The number of aromatic hydroxyl groups is 1. The summed E-state index contributed by atoms with van der Waals surface area (Å²) in [7, 11) is 0. The van der Waals surface area contributed by atoms with Crippen LogP contribution in [-0.4, -0.2) is 16.3 Å². The highest BCUT2D eigenvalue weighted by Crippen LogP contribution is 2.35. The average molecular weight is 464 g/mol. The van der Waals surface area contributed by atoms with Gasteiger partial charge >= 0.3 is 0 Å². The van der Waals surface area contributed by atoms with Crippen LogP contribution in [0.2, 0.25) is 0 Å². The Morgan fingerprint density at radius 2 is 1.68 bits per heavy atom. The molecule has 0 unspecified atom stereocenters. The van der Waals surface area contributed by atoms with Gasteiger partial charge in [-0.1, -0.05) is 74.9 Å². The second-order valence-corrected chi connectivity index (χ2v) is 8.95. The summed E-state index contributed by atoms with van der Waals surface area (Å²) in [6, 6.07) is 14.9. The Morgan fingerprint density at radius 3 is 2.41 bits per heavy atom. The standard InChI is InChI=1S/C29H37NO4/c1-4-5-6-7-8-12-18-30-26-20-24(31)15-16-25(26)27(34-21-23-13-10-9-11-14-23)28(29(30)32)33-19-17-22(2)3/h9-11,13-17,20,31H,4-8,12,18-19,21H2,1-3H3. The van der Waals surface area contributed by atoms with Crippen molar-refractivity contribution >= 4 is 10.9 Å². The minimum atomic E-state index is -0.225. The van der Waals surface area contributed by atoms with Crippen LogP contribution in [0.3, 0.4) is 0 Å². The Hall–Kier alpha value is -3.21. The maximum Gasteiger partial charge on any atom is 0.297 e. The van der Waals surface area contributed by atoms with Crippen LogP contribution < -0.4 is 15.0 Å². The molecular weight excluding hydrogens is 426 g/mol. The van der Waals surface area contributed by atoms with Crippen LogP contribution >= 0.6 is 0 Å². The highest BCUT2D eigenvalue weighted by atomic mass is 16.5. The molecular formula is C29H37NO4. The maximum absolute atomic E-state index is 13.6. The molecule has 0 radical (unpaired) electrons. The van der Waals surface area contributed by atoms with E-state index in [0.29, 0.717) is 31.0 Å². The number of benzene rings is 2. The van der Waals surface area contributed by atoms with E-state index in [-0.39, 0.29) is 17.1 Å². The van der Waals surface area contributed by atoms with Crippen LogP contribution in [0.4, 0.5) is 0 Å². The molecule has 1 N–H and O–H groups in total. The number of hydrogen-bond donors (Lipinski definition) is 1. The predicted octanol–water partition coefficient (Wildman–Crippen LogP) is 6.99. The van der Waals surface area contributed by atoms with Gasteiger partial charge in [-0.15, -0.1) is 0 Å². The molecule has 0 amide bonds. The summed E-state index contributed by atoms with van der Waals surface area (Å²) in [5, 5.41) is 10.9. The highest BCUT2D eigenvalue weighted by molar-refractivity contribution is 5.89. The Labute approximate surface area is 202 Å². The van der Waals surface area contributed by atoms with Gasteiger partial charge in [-0.05, 0) is 44.0 Å². The van der Waals surface area contributed by atoms with Gasteiger partial charge < -0.3 is 19.1 Å². The first kappa shape index (κ1) is 25.4. The van der Waals surface area contributed by atoms with Gasteiger partial charge in [0.25, 0.3) is 5.56 Å². The van der Waals surface area contributed by atoms with Crippen molar-refractivity contribution in [1.82, 2.24) is 4.57 Å². The molecule has 3 aromatic rings. The molecule has 0 saturated carbocycles. The number of phenols is 1. The fraction of sp³-hybridized carbons (Fsp3) is 0.414. The zero-order chi connectivity index (χ0) is 24.3. The summed E-state index contributed by atoms with van der Waals surface area (Å²) in [4.78, 5) is 13.6. The molecule has 1 aromatic heterocycles. The minimum absolute atomic E-state index is 0.121. The summed E-state index contributed by atoms with van der Waals surface area (Å²) in [6.45, 7) is 7.38. The molecule has 182 valence electrons. The van der Waals surface area contributed by atoms with Crippen LogP contribution in [0.25, 0.3) is 10.9 Å². The number of allylic oxidation sites excluding steroid dienone is 1. The third kappa shape index (κ3) is 6.89. The lowest BCUT2D eigenvalue weighted by Crippen LogP contribution is -2.24. The fourth-order valence-corrected chi connectivity index (χ4v) is 3.95. The van der Waals surface area contributed by atoms with Gasteiger partial charge in [-0.25, -0.2) is 0 Å². The Kier molecular flexibility index (Phi) is 9.62. The van der Waals surface area contributed by atoms with Gasteiger partial charge in [-0.2, -0.15) is 0 Å². The van der Waals surface area contributed by atoms with Crippen LogP contribution in [0.5, 0.6) is 17.2 Å². The van der Waals surface area contributed by atoms with Gasteiger partial charge in [0.15, 0.2) is 5.75 Å². The SMILES string of the molecule is CCCCCCCCn1c(=O)c(OCC=C(C)C)c(OCc2ccccc2)c2ccc(O)cc21. The van der Waals surface area contributed by atoms with E-state index in [9.17, 15) is 9.90 Å². The van der Waals surface area contributed by atoms with Crippen molar-refractivity contribution in [1.29, 1.82) is 0 Å². The smallest absolute Gasteiger partial charge is 0.297 e. The second-order valence-electron chi connectivity index (χ2n) is 8.95. The topological polar surface area (TPSA) is 60.7 Å². The van der Waals surface area contributed by atoms with E-state index in [1.54, 1.807) is 22.8 Å². The molecule has 34 heavy (non-hydrogen) atoms. The Balaban J connectivity index is 1.99. The first-order valence-electron chi connectivity index (χ1n) is 12.3. The second kappa shape index (κ2) is 12.9. The van der Waals surface area contributed by atoms with Crippen molar-refractivity contribution < 1.29 is 14.6 Å². The molecule has 3 rings (SSSR count). The van der Waals surface area contributed by atoms with Crippen molar-refractivity contribution in [2.45, 2.75) is 72.4 Å². The lowest BCUT2D eigenvalue weighted by molar-refractivity contribution is 0.274. The van der Waals surface area contributed by atoms with E-state index in [4.69, 9.17) is 9.47 Å². The number of pyridine rings is 1. The van der Waals surface area contributed by atoms with Crippen molar-refractivity contribution in [3.05, 3.63) is 76.1 Å². The number of fused-ring (bicyclic) bond motifs is 1. The number of unbranched alkanes of at least 4 members (excludes halogenated alkanes) is 5.